The van der Waals surface area contributed by atoms with Gasteiger partial charge in [-0.25, -0.2) is 0 Å². The van der Waals surface area contributed by atoms with E-state index in [4.69, 9.17) is 14.2 Å². The van der Waals surface area contributed by atoms with Crippen LogP contribution in [0.5, 0.6) is 17.2 Å². The predicted molar refractivity (Wildman–Crippen MR) is 83.9 cm³/mol. The summed E-state index contributed by atoms with van der Waals surface area (Å²) in [5.74, 6) is 0.314. The van der Waals surface area contributed by atoms with Crippen LogP contribution < -0.4 is 24.2 Å². The maximum Gasteiger partial charge on any atom is 0.203 e. The number of likely N-dealkylation sites (tertiary alicyclic amines) is 1. The van der Waals surface area contributed by atoms with E-state index in [0.29, 0.717) is 29.4 Å². The molecule has 0 unspecified atom stereocenters. The van der Waals surface area contributed by atoms with Gasteiger partial charge >= 0.3 is 0 Å². The van der Waals surface area contributed by atoms with E-state index >= 15 is 0 Å². The number of aliphatic carboxylic acids is 1. The van der Waals surface area contributed by atoms with E-state index in [2.05, 4.69) is 0 Å². The van der Waals surface area contributed by atoms with Gasteiger partial charge in [0.2, 0.25) is 5.75 Å². The average molecular weight is 321 g/mol. The van der Waals surface area contributed by atoms with E-state index in [1.165, 1.54) is 32.0 Å². The first-order valence-electron chi connectivity index (χ1n) is 7.75. The molecule has 0 bridgehead atoms. The quantitative estimate of drug-likeness (QED) is 0.655. The molecule has 1 aromatic rings. The molecule has 126 valence electrons. The van der Waals surface area contributed by atoms with Crippen molar-refractivity contribution in [3.8, 4) is 17.2 Å². The summed E-state index contributed by atoms with van der Waals surface area (Å²) >= 11 is 0. The number of quaternary nitrogens is 1. The SMILES string of the molecule is COc1cc(/C=C/C(=O)[O-])cc(OC)c1OCC[NH+]1CCCC1. The second-order valence-corrected chi connectivity index (χ2v) is 5.46. The smallest absolute Gasteiger partial charge is 0.203 e. The summed E-state index contributed by atoms with van der Waals surface area (Å²) in [5, 5.41) is 10.5. The average Bonchev–Trinajstić information content (AvgIpc) is 3.06. The Hall–Kier alpha value is -2.21. The van der Waals surface area contributed by atoms with Gasteiger partial charge in [0.1, 0.15) is 13.2 Å². The van der Waals surface area contributed by atoms with Crippen molar-refractivity contribution in [1.82, 2.24) is 0 Å². The Kier molecular flexibility index (Phi) is 6.29. The Morgan fingerprint density at radius 1 is 1.22 bits per heavy atom. The van der Waals surface area contributed by atoms with Crippen LogP contribution in [0.3, 0.4) is 0 Å². The maximum atomic E-state index is 10.5. The van der Waals surface area contributed by atoms with E-state index in [1.807, 2.05) is 0 Å². The van der Waals surface area contributed by atoms with Crippen LogP contribution in [0.15, 0.2) is 18.2 Å². The monoisotopic (exact) mass is 321 g/mol. The van der Waals surface area contributed by atoms with E-state index in [1.54, 1.807) is 31.3 Å². The number of carboxylic acid groups (broad SMARTS) is 1. The summed E-state index contributed by atoms with van der Waals surface area (Å²) in [6.45, 7) is 3.92. The van der Waals surface area contributed by atoms with Crippen LogP contribution in [0.4, 0.5) is 0 Å². The summed E-state index contributed by atoms with van der Waals surface area (Å²) in [6.07, 6.45) is 4.95. The van der Waals surface area contributed by atoms with Crippen molar-refractivity contribution in [3.63, 3.8) is 0 Å². The van der Waals surface area contributed by atoms with Crippen LogP contribution in [-0.4, -0.2) is 46.4 Å². The van der Waals surface area contributed by atoms with E-state index < -0.39 is 5.97 Å². The Morgan fingerprint density at radius 3 is 2.35 bits per heavy atom. The van der Waals surface area contributed by atoms with Crippen molar-refractivity contribution >= 4 is 12.0 Å². The lowest BCUT2D eigenvalue weighted by atomic mass is 10.1. The highest BCUT2D eigenvalue weighted by Crippen LogP contribution is 2.38. The lowest BCUT2D eigenvalue weighted by Crippen LogP contribution is -3.10. The number of benzene rings is 1. The number of carbonyl (C=O) groups is 1. The molecular weight excluding hydrogens is 298 g/mol. The number of carbonyl (C=O) groups excluding carboxylic acids is 1. The number of nitrogens with one attached hydrogen (secondary N) is 1. The van der Waals surface area contributed by atoms with Crippen LogP contribution in [0, 0.1) is 0 Å². The highest BCUT2D eigenvalue weighted by molar-refractivity contribution is 5.84. The number of ether oxygens (including phenoxy) is 3. The van der Waals surface area contributed by atoms with Gasteiger partial charge in [-0.3, -0.25) is 0 Å². The Bertz CT molecular complexity index is 539. The third kappa shape index (κ3) is 4.89. The molecule has 1 N–H and O–H groups in total. The molecule has 1 fully saturated rings. The Morgan fingerprint density at radius 2 is 1.83 bits per heavy atom. The molecule has 1 aromatic carbocycles. The van der Waals surface area contributed by atoms with E-state index in [0.717, 1.165) is 12.6 Å². The second kappa shape index (κ2) is 8.43. The predicted octanol–water partition coefficient (Wildman–Crippen LogP) is -0.476. The van der Waals surface area contributed by atoms with Crippen LogP contribution in [0.1, 0.15) is 18.4 Å². The summed E-state index contributed by atoms with van der Waals surface area (Å²) in [7, 11) is 3.08. The highest BCUT2D eigenvalue weighted by atomic mass is 16.5. The van der Waals surface area contributed by atoms with Crippen LogP contribution in [-0.2, 0) is 4.79 Å². The third-order valence-electron chi connectivity index (χ3n) is 3.91. The van der Waals surface area contributed by atoms with Gasteiger partial charge in [0, 0.05) is 12.8 Å². The largest absolute Gasteiger partial charge is 0.545 e. The summed E-state index contributed by atoms with van der Waals surface area (Å²) in [4.78, 5) is 12.1. The van der Waals surface area contributed by atoms with Crippen molar-refractivity contribution < 1.29 is 29.0 Å². The van der Waals surface area contributed by atoms with Crippen molar-refractivity contribution in [2.24, 2.45) is 0 Å². The number of hydrogen-bond donors (Lipinski definition) is 1. The molecule has 1 aliphatic heterocycles. The molecule has 0 aliphatic carbocycles. The molecule has 1 aliphatic rings. The summed E-state index contributed by atoms with van der Waals surface area (Å²) < 4.78 is 16.6. The fraction of sp³-hybridized carbons (Fsp3) is 0.471. The molecule has 6 nitrogen and oxygen atoms in total. The number of carboxylic acids is 1. The lowest BCUT2D eigenvalue weighted by Gasteiger charge is -2.17. The topological polar surface area (TPSA) is 72.3 Å². The molecule has 0 amide bonds. The first kappa shape index (κ1) is 17.1. The molecule has 2 rings (SSSR count). The number of rotatable bonds is 8. The van der Waals surface area contributed by atoms with Gasteiger partial charge in [-0.15, -0.1) is 0 Å². The minimum Gasteiger partial charge on any atom is -0.545 e. The molecule has 0 spiro atoms. The third-order valence-corrected chi connectivity index (χ3v) is 3.91. The number of methoxy groups -OCH3 is 2. The van der Waals surface area contributed by atoms with E-state index in [9.17, 15) is 9.90 Å². The van der Waals surface area contributed by atoms with E-state index in [-0.39, 0.29) is 0 Å². The van der Waals surface area contributed by atoms with Crippen LogP contribution in [0.25, 0.3) is 6.08 Å². The van der Waals surface area contributed by atoms with Crippen molar-refractivity contribution in [2.45, 2.75) is 12.8 Å². The summed E-state index contributed by atoms with van der Waals surface area (Å²) in [6, 6.07) is 3.42. The molecular formula is C17H23NO5. The minimum absolute atomic E-state index is 0.513. The molecule has 6 heteroatoms. The molecule has 0 radical (unpaired) electrons. The standard InChI is InChI=1S/C17H23NO5/c1-21-14-11-13(5-6-16(19)20)12-15(22-2)17(14)23-10-9-18-7-3-4-8-18/h5-6,11-12H,3-4,7-10H2,1-2H3,(H,19,20)/b6-5+. The first-order valence-corrected chi connectivity index (χ1v) is 7.75. The zero-order chi connectivity index (χ0) is 16.7. The lowest BCUT2D eigenvalue weighted by molar-refractivity contribution is -0.887. The number of hydrogen-bond acceptors (Lipinski definition) is 5. The van der Waals surface area contributed by atoms with Crippen molar-refractivity contribution in [2.75, 3.05) is 40.5 Å². The van der Waals surface area contributed by atoms with Crippen molar-refractivity contribution in [3.05, 3.63) is 23.8 Å². The molecule has 23 heavy (non-hydrogen) atoms. The molecule has 1 saturated heterocycles. The fourth-order valence-corrected chi connectivity index (χ4v) is 2.73. The molecule has 1 heterocycles. The van der Waals surface area contributed by atoms with Gasteiger partial charge in [0.15, 0.2) is 11.5 Å². The molecule has 0 aromatic heterocycles. The zero-order valence-electron chi connectivity index (χ0n) is 13.6. The zero-order valence-corrected chi connectivity index (χ0v) is 13.6. The van der Waals surface area contributed by atoms with Crippen LogP contribution >= 0.6 is 0 Å². The van der Waals surface area contributed by atoms with Gasteiger partial charge in [-0.05, 0) is 23.8 Å². The van der Waals surface area contributed by atoms with Gasteiger partial charge in [0.25, 0.3) is 0 Å². The van der Waals surface area contributed by atoms with Crippen molar-refractivity contribution in [1.29, 1.82) is 0 Å². The normalized spacial score (nSPS) is 15.0. The molecule has 0 atom stereocenters. The van der Waals surface area contributed by atoms with Crippen LogP contribution in [0.2, 0.25) is 0 Å². The fourth-order valence-electron chi connectivity index (χ4n) is 2.73. The summed E-state index contributed by atoms with van der Waals surface area (Å²) in [5.41, 5.74) is 0.639. The minimum atomic E-state index is -1.25. The molecule has 0 saturated carbocycles. The van der Waals surface area contributed by atoms with Gasteiger partial charge in [-0.1, -0.05) is 6.08 Å². The highest BCUT2D eigenvalue weighted by Gasteiger charge is 2.17. The Balaban J connectivity index is 2.11. The Labute approximate surface area is 136 Å². The van der Waals surface area contributed by atoms with Gasteiger partial charge in [0.05, 0.1) is 33.3 Å². The first-order chi connectivity index (χ1) is 11.1. The van der Waals surface area contributed by atoms with Gasteiger partial charge in [-0.2, -0.15) is 0 Å². The second-order valence-electron chi connectivity index (χ2n) is 5.46. The maximum absolute atomic E-state index is 10.5. The van der Waals surface area contributed by atoms with Gasteiger partial charge < -0.3 is 29.0 Å².